The van der Waals surface area contributed by atoms with Gasteiger partial charge in [-0.1, -0.05) is 0 Å². The lowest BCUT2D eigenvalue weighted by Crippen LogP contribution is -2.32. The maximum atomic E-state index is 9.91. The van der Waals surface area contributed by atoms with Gasteiger partial charge in [-0.15, -0.1) is 0 Å². The molecule has 1 aliphatic carbocycles. The van der Waals surface area contributed by atoms with Crippen molar-refractivity contribution in [2.24, 2.45) is 0 Å². The highest BCUT2D eigenvalue weighted by Gasteiger charge is 2.43. The zero-order valence-corrected chi connectivity index (χ0v) is 10.5. The molecule has 0 radical (unpaired) electrons. The predicted molar refractivity (Wildman–Crippen MR) is 63.5 cm³/mol. The Morgan fingerprint density at radius 1 is 1.50 bits per heavy atom. The fourth-order valence-corrected chi connectivity index (χ4v) is 2.98. The Morgan fingerprint density at radius 2 is 2.19 bits per heavy atom. The summed E-state index contributed by atoms with van der Waals surface area (Å²) in [5.74, 6) is 0.809. The van der Waals surface area contributed by atoms with Crippen LogP contribution < -0.4 is 4.74 Å². The number of ether oxygens (including phenoxy) is 1. The van der Waals surface area contributed by atoms with E-state index in [1.54, 1.807) is 19.2 Å². The minimum atomic E-state index is -0.544. The number of nitrogens with zero attached hydrogens (tertiary/aromatic N) is 1. The minimum absolute atomic E-state index is 0.161. The number of methoxy groups -OCH3 is 1. The second-order valence-corrected chi connectivity index (χ2v) is 4.82. The van der Waals surface area contributed by atoms with Crippen LogP contribution in [0.15, 0.2) is 16.6 Å². The van der Waals surface area contributed by atoms with Crippen molar-refractivity contribution in [1.82, 2.24) is 0 Å². The number of phenolic OH excluding ortho intramolecular Hbond substituents is 1. The summed E-state index contributed by atoms with van der Waals surface area (Å²) in [7, 11) is 1.57. The molecule has 1 aliphatic rings. The van der Waals surface area contributed by atoms with E-state index in [1.807, 2.05) is 0 Å². The highest BCUT2D eigenvalue weighted by atomic mass is 79.9. The third-order valence-electron chi connectivity index (χ3n) is 3.20. The van der Waals surface area contributed by atoms with Crippen LogP contribution in [0.3, 0.4) is 0 Å². The summed E-state index contributed by atoms with van der Waals surface area (Å²) in [4.78, 5) is 0. The Hall–Kier alpha value is -1.21. The van der Waals surface area contributed by atoms with Crippen LogP contribution in [0.5, 0.6) is 11.5 Å². The first-order chi connectivity index (χ1) is 7.64. The second kappa shape index (κ2) is 3.99. The molecule has 0 bridgehead atoms. The second-order valence-electron chi connectivity index (χ2n) is 4.02. The van der Waals surface area contributed by atoms with Crippen LogP contribution in [0.4, 0.5) is 0 Å². The Labute approximate surface area is 103 Å². The van der Waals surface area contributed by atoms with Crippen LogP contribution >= 0.6 is 15.9 Å². The van der Waals surface area contributed by atoms with Crippen molar-refractivity contribution in [3.8, 4) is 17.6 Å². The molecule has 1 aromatic rings. The summed E-state index contributed by atoms with van der Waals surface area (Å²) >= 11 is 3.41. The van der Waals surface area contributed by atoms with Crippen LogP contribution in [-0.2, 0) is 5.41 Å². The van der Waals surface area contributed by atoms with Crippen molar-refractivity contribution in [3.63, 3.8) is 0 Å². The molecule has 0 aromatic heterocycles. The van der Waals surface area contributed by atoms with Crippen LogP contribution in [0.25, 0.3) is 0 Å². The van der Waals surface area contributed by atoms with Crippen molar-refractivity contribution >= 4 is 15.9 Å². The topological polar surface area (TPSA) is 53.2 Å². The first kappa shape index (κ1) is 11.3. The number of benzene rings is 1. The van der Waals surface area contributed by atoms with Crippen molar-refractivity contribution in [3.05, 3.63) is 22.2 Å². The lowest BCUT2D eigenvalue weighted by atomic mass is 9.65. The normalized spacial score (nSPS) is 17.3. The van der Waals surface area contributed by atoms with Gasteiger partial charge in [-0.2, -0.15) is 5.26 Å². The van der Waals surface area contributed by atoms with Gasteiger partial charge >= 0.3 is 0 Å². The smallest absolute Gasteiger partial charge is 0.133 e. The van der Waals surface area contributed by atoms with Crippen LogP contribution in [-0.4, -0.2) is 12.2 Å². The maximum absolute atomic E-state index is 9.91. The molecule has 0 heterocycles. The fraction of sp³-hybridized carbons (Fsp3) is 0.417. The Kier molecular flexibility index (Phi) is 2.81. The molecule has 2 rings (SSSR count). The van der Waals surface area contributed by atoms with Gasteiger partial charge in [-0.3, -0.25) is 0 Å². The van der Waals surface area contributed by atoms with E-state index in [4.69, 9.17) is 4.74 Å². The lowest BCUT2D eigenvalue weighted by molar-refractivity contribution is 0.307. The highest BCUT2D eigenvalue weighted by molar-refractivity contribution is 9.10. The lowest BCUT2D eigenvalue weighted by Gasteiger charge is -2.36. The molecule has 1 N–H and O–H groups in total. The molecule has 0 spiro atoms. The van der Waals surface area contributed by atoms with Gasteiger partial charge < -0.3 is 9.84 Å². The number of aromatic hydroxyl groups is 1. The molecule has 0 aliphatic heterocycles. The monoisotopic (exact) mass is 281 g/mol. The van der Waals surface area contributed by atoms with Crippen LogP contribution in [0.1, 0.15) is 24.8 Å². The summed E-state index contributed by atoms with van der Waals surface area (Å²) in [6, 6.07) is 5.59. The Balaban J connectivity index is 2.60. The molecule has 1 fully saturated rings. The van der Waals surface area contributed by atoms with E-state index in [0.29, 0.717) is 15.8 Å². The summed E-state index contributed by atoms with van der Waals surface area (Å²) in [5.41, 5.74) is 0.123. The standard InChI is InChI=1S/C12H12BrNO2/c1-16-9-4-3-8(15)10(11(9)13)12(7-14)5-2-6-12/h3-4,15H,2,5-6H2,1H3. The van der Waals surface area contributed by atoms with Crippen molar-refractivity contribution < 1.29 is 9.84 Å². The van der Waals surface area contributed by atoms with Gasteiger partial charge in [-0.05, 0) is 47.3 Å². The SMILES string of the molecule is COc1ccc(O)c(C2(C#N)CCC2)c1Br. The number of hydrogen-bond donors (Lipinski definition) is 1. The third-order valence-corrected chi connectivity index (χ3v) is 3.99. The maximum Gasteiger partial charge on any atom is 0.133 e. The summed E-state index contributed by atoms with van der Waals surface area (Å²) in [6.07, 6.45) is 2.61. The molecule has 0 atom stereocenters. The molecule has 3 nitrogen and oxygen atoms in total. The molecule has 16 heavy (non-hydrogen) atoms. The molecule has 4 heteroatoms. The number of nitriles is 1. The molecule has 84 valence electrons. The number of hydrogen-bond acceptors (Lipinski definition) is 3. The average Bonchev–Trinajstić information content (AvgIpc) is 2.22. The van der Waals surface area contributed by atoms with E-state index >= 15 is 0 Å². The molecular formula is C12H12BrNO2. The predicted octanol–water partition coefficient (Wildman–Crippen LogP) is 3.11. The first-order valence-corrected chi connectivity index (χ1v) is 5.91. The number of halogens is 1. The molecular weight excluding hydrogens is 270 g/mol. The van der Waals surface area contributed by atoms with Crippen LogP contribution in [0.2, 0.25) is 0 Å². The summed E-state index contributed by atoms with van der Waals surface area (Å²) < 4.78 is 5.87. The van der Waals surface area contributed by atoms with Gasteiger partial charge in [0.25, 0.3) is 0 Å². The van der Waals surface area contributed by atoms with E-state index in [2.05, 4.69) is 22.0 Å². The van der Waals surface area contributed by atoms with Crippen molar-refractivity contribution in [2.75, 3.05) is 7.11 Å². The largest absolute Gasteiger partial charge is 0.508 e. The molecule has 0 saturated heterocycles. The summed E-state index contributed by atoms with van der Waals surface area (Å²) in [5, 5.41) is 19.2. The minimum Gasteiger partial charge on any atom is -0.508 e. The average molecular weight is 282 g/mol. The van der Waals surface area contributed by atoms with Gasteiger partial charge in [0, 0.05) is 5.56 Å². The molecule has 0 amide bonds. The van der Waals surface area contributed by atoms with E-state index in [1.165, 1.54) is 0 Å². The zero-order chi connectivity index (χ0) is 11.8. The fourth-order valence-electron chi connectivity index (χ4n) is 2.11. The number of phenols is 1. The molecule has 0 unspecified atom stereocenters. The van der Waals surface area contributed by atoms with E-state index in [-0.39, 0.29) is 5.75 Å². The molecule has 1 aromatic carbocycles. The Morgan fingerprint density at radius 3 is 2.62 bits per heavy atom. The van der Waals surface area contributed by atoms with E-state index in [9.17, 15) is 10.4 Å². The van der Waals surface area contributed by atoms with Crippen molar-refractivity contribution in [2.45, 2.75) is 24.7 Å². The van der Waals surface area contributed by atoms with Crippen molar-refractivity contribution in [1.29, 1.82) is 5.26 Å². The van der Waals surface area contributed by atoms with Gasteiger partial charge in [0.15, 0.2) is 0 Å². The quantitative estimate of drug-likeness (QED) is 0.906. The first-order valence-electron chi connectivity index (χ1n) is 5.12. The highest BCUT2D eigenvalue weighted by Crippen LogP contribution is 2.51. The zero-order valence-electron chi connectivity index (χ0n) is 8.96. The Bertz CT molecular complexity index is 461. The molecule has 1 saturated carbocycles. The van der Waals surface area contributed by atoms with Crippen LogP contribution in [0, 0.1) is 11.3 Å². The van der Waals surface area contributed by atoms with E-state index in [0.717, 1.165) is 19.3 Å². The third kappa shape index (κ3) is 1.47. The van der Waals surface area contributed by atoms with Gasteiger partial charge in [0.05, 0.1) is 23.1 Å². The van der Waals surface area contributed by atoms with E-state index < -0.39 is 5.41 Å². The summed E-state index contributed by atoms with van der Waals surface area (Å²) in [6.45, 7) is 0. The van der Waals surface area contributed by atoms with Gasteiger partial charge in [0.1, 0.15) is 11.5 Å². The number of rotatable bonds is 2. The van der Waals surface area contributed by atoms with Gasteiger partial charge in [-0.25, -0.2) is 0 Å². The van der Waals surface area contributed by atoms with Gasteiger partial charge in [0.2, 0.25) is 0 Å².